The van der Waals surface area contributed by atoms with Gasteiger partial charge in [0, 0.05) is 0 Å². The molecule has 0 bridgehead atoms. The van der Waals surface area contributed by atoms with Gasteiger partial charge in [-0.1, -0.05) is 11.6 Å². The van der Waals surface area contributed by atoms with Gasteiger partial charge in [0.1, 0.15) is 5.16 Å². The van der Waals surface area contributed by atoms with E-state index in [1.54, 1.807) is 0 Å². The van der Waals surface area contributed by atoms with Crippen LogP contribution >= 0.6 is 11.6 Å². The highest BCUT2D eigenvalue weighted by Gasteiger charge is 1.74. The lowest BCUT2D eigenvalue weighted by Crippen LogP contribution is -1.55. The Morgan fingerprint density at radius 3 is 2.29 bits per heavy atom. The molecule has 0 aliphatic rings. The van der Waals surface area contributed by atoms with Crippen molar-refractivity contribution in [3.05, 3.63) is 11.4 Å². The molecule has 0 heterocycles. The Kier molecular flexibility index (Phi) is 3.24. The van der Waals surface area contributed by atoms with Crippen molar-refractivity contribution in [1.29, 1.82) is 0 Å². The summed E-state index contributed by atoms with van der Waals surface area (Å²) in [6.45, 7) is 6.29. The van der Waals surface area contributed by atoms with Gasteiger partial charge in [0.05, 0.1) is 6.20 Å². The first kappa shape index (κ1) is 6.37. The van der Waals surface area contributed by atoms with Crippen LogP contribution in [0.4, 0.5) is 0 Å². The average molecular weight is 117 g/mol. The van der Waals surface area contributed by atoms with E-state index in [0.29, 0.717) is 0 Å². The standard InChI is InChI=1S/C4H5ClN2/c1-6-3-4(5)7-2/h3H,1-2H2/b4-3-. The molecule has 38 valence electrons. The number of hydrogen-bond donors (Lipinski definition) is 0. The fraction of sp³-hybridized carbons (Fsp3) is 0. The van der Waals surface area contributed by atoms with Crippen LogP contribution in [0, 0.1) is 0 Å². The summed E-state index contributed by atoms with van der Waals surface area (Å²) < 4.78 is 0. The van der Waals surface area contributed by atoms with Crippen LogP contribution in [-0.4, -0.2) is 13.4 Å². The second-order valence-corrected chi connectivity index (χ2v) is 1.18. The molecule has 0 aliphatic heterocycles. The minimum absolute atomic E-state index is 0.259. The zero-order valence-corrected chi connectivity index (χ0v) is 4.52. The molecule has 0 fully saturated rings. The number of aliphatic imine (C=N–C) groups is 2. The van der Waals surface area contributed by atoms with Crippen LogP contribution in [0.2, 0.25) is 0 Å². The fourth-order valence-electron chi connectivity index (χ4n) is 0.116. The van der Waals surface area contributed by atoms with Gasteiger partial charge in [-0.25, -0.2) is 0 Å². The molecule has 0 amide bonds. The smallest absolute Gasteiger partial charge is 0.146 e. The number of halogens is 1. The van der Waals surface area contributed by atoms with Crippen molar-refractivity contribution in [3.63, 3.8) is 0 Å². The van der Waals surface area contributed by atoms with E-state index >= 15 is 0 Å². The SMILES string of the molecule is C=N/C=C(/Cl)N=C. The predicted molar refractivity (Wildman–Crippen MR) is 33.0 cm³/mol. The number of hydrogen-bond acceptors (Lipinski definition) is 2. The zero-order valence-electron chi connectivity index (χ0n) is 3.76. The third-order valence-corrected chi connectivity index (χ3v) is 0.566. The van der Waals surface area contributed by atoms with E-state index in [2.05, 4.69) is 23.4 Å². The molecule has 3 heteroatoms. The van der Waals surface area contributed by atoms with Crippen molar-refractivity contribution in [2.45, 2.75) is 0 Å². The minimum Gasteiger partial charge on any atom is -0.269 e. The molecule has 0 spiro atoms. The summed E-state index contributed by atoms with van der Waals surface area (Å²) in [5.74, 6) is 0. The van der Waals surface area contributed by atoms with Crippen molar-refractivity contribution < 1.29 is 0 Å². The second kappa shape index (κ2) is 3.56. The summed E-state index contributed by atoms with van der Waals surface area (Å²) in [6.07, 6.45) is 1.31. The van der Waals surface area contributed by atoms with Crippen molar-refractivity contribution >= 4 is 25.0 Å². The molecule has 0 N–H and O–H groups in total. The van der Waals surface area contributed by atoms with Gasteiger partial charge < -0.3 is 0 Å². The van der Waals surface area contributed by atoms with Crippen LogP contribution in [0.3, 0.4) is 0 Å². The lowest BCUT2D eigenvalue weighted by molar-refractivity contribution is 1.47. The zero-order chi connectivity index (χ0) is 5.70. The van der Waals surface area contributed by atoms with Crippen LogP contribution in [-0.2, 0) is 0 Å². The van der Waals surface area contributed by atoms with Gasteiger partial charge in [-0.2, -0.15) is 0 Å². The van der Waals surface area contributed by atoms with E-state index < -0.39 is 0 Å². The molecular formula is C4H5ClN2. The van der Waals surface area contributed by atoms with Gasteiger partial charge in [-0.15, -0.1) is 0 Å². The van der Waals surface area contributed by atoms with Crippen LogP contribution in [0.25, 0.3) is 0 Å². The van der Waals surface area contributed by atoms with Crippen LogP contribution in [0.15, 0.2) is 21.3 Å². The fourth-order valence-corrected chi connectivity index (χ4v) is 0.185. The Morgan fingerprint density at radius 1 is 1.57 bits per heavy atom. The van der Waals surface area contributed by atoms with Crippen LogP contribution in [0.1, 0.15) is 0 Å². The first-order valence-corrected chi connectivity index (χ1v) is 1.97. The van der Waals surface area contributed by atoms with Crippen LogP contribution in [0.5, 0.6) is 0 Å². The maximum absolute atomic E-state index is 5.26. The summed E-state index contributed by atoms with van der Waals surface area (Å²) in [5.41, 5.74) is 0. The van der Waals surface area contributed by atoms with Crippen molar-refractivity contribution in [1.82, 2.24) is 0 Å². The van der Waals surface area contributed by atoms with E-state index in [4.69, 9.17) is 11.6 Å². The molecule has 0 saturated carbocycles. The van der Waals surface area contributed by atoms with E-state index in [1.807, 2.05) is 0 Å². The van der Waals surface area contributed by atoms with Crippen molar-refractivity contribution in [2.24, 2.45) is 9.98 Å². The highest BCUT2D eigenvalue weighted by atomic mass is 35.5. The Bertz CT molecular complexity index is 106. The van der Waals surface area contributed by atoms with Gasteiger partial charge >= 0.3 is 0 Å². The third kappa shape index (κ3) is 3.19. The van der Waals surface area contributed by atoms with E-state index in [-0.39, 0.29) is 5.16 Å². The third-order valence-electron chi connectivity index (χ3n) is 0.349. The van der Waals surface area contributed by atoms with Crippen molar-refractivity contribution in [3.8, 4) is 0 Å². The van der Waals surface area contributed by atoms with E-state index in [0.717, 1.165) is 0 Å². The van der Waals surface area contributed by atoms with E-state index in [9.17, 15) is 0 Å². The van der Waals surface area contributed by atoms with Crippen molar-refractivity contribution in [2.75, 3.05) is 0 Å². The molecule has 0 radical (unpaired) electrons. The Balaban J connectivity index is 3.72. The quantitative estimate of drug-likeness (QED) is 0.385. The maximum Gasteiger partial charge on any atom is 0.146 e. The molecule has 0 aromatic carbocycles. The minimum atomic E-state index is 0.259. The molecule has 0 aliphatic carbocycles. The molecule has 0 rings (SSSR count). The van der Waals surface area contributed by atoms with E-state index in [1.165, 1.54) is 6.20 Å². The summed E-state index contributed by atoms with van der Waals surface area (Å²) in [7, 11) is 0. The largest absolute Gasteiger partial charge is 0.269 e. The predicted octanol–water partition coefficient (Wildman–Crippen LogP) is 1.43. The monoisotopic (exact) mass is 116 g/mol. The molecule has 0 atom stereocenters. The van der Waals surface area contributed by atoms with Gasteiger partial charge in [0.15, 0.2) is 0 Å². The molecule has 7 heavy (non-hydrogen) atoms. The molecule has 0 aromatic rings. The molecule has 0 saturated heterocycles. The Labute approximate surface area is 47.2 Å². The lowest BCUT2D eigenvalue weighted by atomic mass is 10.9. The summed E-state index contributed by atoms with van der Waals surface area (Å²) >= 11 is 5.26. The highest BCUT2D eigenvalue weighted by Crippen LogP contribution is 1.98. The number of nitrogens with zero attached hydrogens (tertiary/aromatic N) is 2. The second-order valence-electron chi connectivity index (χ2n) is 0.793. The molecule has 2 nitrogen and oxygen atoms in total. The first-order valence-electron chi connectivity index (χ1n) is 1.59. The van der Waals surface area contributed by atoms with Gasteiger partial charge in [-0.3, -0.25) is 9.98 Å². The molecule has 0 aromatic heterocycles. The number of rotatable bonds is 2. The van der Waals surface area contributed by atoms with Gasteiger partial charge in [0.25, 0.3) is 0 Å². The topological polar surface area (TPSA) is 24.7 Å². The lowest BCUT2D eigenvalue weighted by Gasteiger charge is -1.76. The normalized spacial score (nSPS) is 10.7. The summed E-state index contributed by atoms with van der Waals surface area (Å²) in [5, 5.41) is 0.259. The van der Waals surface area contributed by atoms with Gasteiger partial charge in [-0.05, 0) is 13.4 Å². The Hall–Kier alpha value is -0.630. The first-order chi connectivity index (χ1) is 3.31. The maximum atomic E-state index is 5.26. The molecule has 0 unspecified atom stereocenters. The van der Waals surface area contributed by atoms with Crippen LogP contribution < -0.4 is 0 Å². The van der Waals surface area contributed by atoms with Gasteiger partial charge in [0.2, 0.25) is 0 Å². The summed E-state index contributed by atoms with van der Waals surface area (Å²) in [6, 6.07) is 0. The average Bonchev–Trinajstić information content (AvgIpc) is 1.68. The summed E-state index contributed by atoms with van der Waals surface area (Å²) in [4.78, 5) is 6.65. The highest BCUT2D eigenvalue weighted by molar-refractivity contribution is 6.29. The Morgan fingerprint density at radius 2 is 2.14 bits per heavy atom. The molecular weight excluding hydrogens is 112 g/mol.